The lowest BCUT2D eigenvalue weighted by atomic mass is 9.52. The summed E-state index contributed by atoms with van der Waals surface area (Å²) in [5.74, 6) is -5.05. The molecule has 0 aromatic heterocycles. The molecule has 0 aromatic carbocycles. The van der Waals surface area contributed by atoms with E-state index in [0.717, 1.165) is 58.3 Å². The Labute approximate surface area is 348 Å². The van der Waals surface area contributed by atoms with Gasteiger partial charge in [-0.2, -0.15) is 13.2 Å². The maximum Gasteiger partial charge on any atom is 0.419 e. The van der Waals surface area contributed by atoms with Gasteiger partial charge in [0, 0.05) is 20.3 Å². The number of hydrogen-bond donors (Lipinski definition) is 3. The summed E-state index contributed by atoms with van der Waals surface area (Å²) in [4.78, 5) is 23.9. The van der Waals surface area contributed by atoms with Gasteiger partial charge in [0.1, 0.15) is 11.2 Å². The lowest BCUT2D eigenvalue weighted by Gasteiger charge is -2.59. The molecule has 0 spiro atoms. The number of hydrogen-bond acceptors (Lipinski definition) is 8. The maximum absolute atomic E-state index is 12.5. The van der Waals surface area contributed by atoms with Crippen molar-refractivity contribution in [3.8, 4) is 0 Å². The molecule has 6 fully saturated rings. The molecule has 3 N–H and O–H groups in total. The van der Waals surface area contributed by atoms with Crippen LogP contribution in [-0.2, 0) is 23.8 Å². The van der Waals surface area contributed by atoms with Crippen LogP contribution >= 0.6 is 0 Å². The van der Waals surface area contributed by atoms with E-state index in [1.807, 2.05) is 34.6 Å². The van der Waals surface area contributed by atoms with Crippen LogP contribution in [0, 0.1) is 46.8 Å². The minimum Gasteiger partial charge on any atom is -0.459 e. The van der Waals surface area contributed by atoms with Gasteiger partial charge in [0.25, 0.3) is 0 Å². The first-order valence-electron chi connectivity index (χ1n) is 21.3. The number of fused-ring (bicyclic) bond motifs is 2. The molecule has 15 heteroatoms. The first kappa shape index (κ1) is 53.4. The molecule has 0 aromatic rings. The van der Waals surface area contributed by atoms with Crippen molar-refractivity contribution in [2.45, 2.75) is 213 Å². The van der Waals surface area contributed by atoms with Crippen LogP contribution in [0.3, 0.4) is 0 Å². The fourth-order valence-corrected chi connectivity index (χ4v) is 8.79. The van der Waals surface area contributed by atoms with Crippen LogP contribution in [0.5, 0.6) is 0 Å². The zero-order chi connectivity index (χ0) is 46.2. The van der Waals surface area contributed by atoms with Gasteiger partial charge >= 0.3 is 30.0 Å². The fourth-order valence-electron chi connectivity index (χ4n) is 8.79. The summed E-state index contributed by atoms with van der Waals surface area (Å²) in [5, 5.41) is 29.8. The number of aliphatic hydroxyl groups is 3. The van der Waals surface area contributed by atoms with Crippen molar-refractivity contribution in [3.63, 3.8) is 0 Å². The van der Waals surface area contributed by atoms with Crippen molar-refractivity contribution >= 4 is 11.9 Å². The van der Waals surface area contributed by atoms with Crippen LogP contribution in [0.15, 0.2) is 0 Å². The van der Waals surface area contributed by atoms with Gasteiger partial charge in [0.15, 0.2) is 5.60 Å². The minimum absolute atomic E-state index is 0.0828. The third kappa shape index (κ3) is 13.6. The number of ether oxygens (including phenoxy) is 3. The molecular weight excluding hydrogens is 789 g/mol. The van der Waals surface area contributed by atoms with Gasteiger partial charge in [-0.15, -0.1) is 0 Å². The fraction of sp³-hybridized carbons (Fsp3) is 0.955. The second-order valence-electron chi connectivity index (χ2n) is 20.8. The topological polar surface area (TPSA) is 123 Å². The predicted molar refractivity (Wildman–Crippen MR) is 211 cm³/mol. The monoisotopic (exact) mass is 865 g/mol. The maximum atomic E-state index is 12.5. The quantitative estimate of drug-likeness (QED) is 0.139. The van der Waals surface area contributed by atoms with Crippen molar-refractivity contribution in [1.29, 1.82) is 0 Å². The Morgan fingerprint density at radius 1 is 0.763 bits per heavy atom. The number of alkyl halides is 7. The van der Waals surface area contributed by atoms with Crippen molar-refractivity contribution in [1.82, 2.24) is 0 Å². The number of halogens is 7. The van der Waals surface area contributed by atoms with E-state index >= 15 is 0 Å². The summed E-state index contributed by atoms with van der Waals surface area (Å²) in [7, 11) is 0. The van der Waals surface area contributed by atoms with E-state index in [0.29, 0.717) is 41.9 Å². The molecular formula is C44H75F7O8. The van der Waals surface area contributed by atoms with Gasteiger partial charge in [0.2, 0.25) is 0 Å². The van der Waals surface area contributed by atoms with Crippen LogP contribution in [-0.4, -0.2) is 86.0 Å². The van der Waals surface area contributed by atoms with Gasteiger partial charge < -0.3 is 29.5 Å². The SMILES string of the molecule is CC(F)(F)C(C)(F)F.CC1C2CC(OCC(C)(O)C(F)(F)F)C(C2)C1C.CCC(C)(C)C(=O)OC12CC3CC(CC(O)(C3)C1)C2.CCC(C)C(=O)OC(C)(C)C(C)(C)O. The molecule has 8 nitrogen and oxygen atoms in total. The summed E-state index contributed by atoms with van der Waals surface area (Å²) < 4.78 is 100. The Morgan fingerprint density at radius 2 is 1.25 bits per heavy atom. The number of carbonyl (C=O) groups excluding carboxylic acids is 2. The minimum atomic E-state index is -4.64. The molecule has 6 bridgehead atoms. The van der Waals surface area contributed by atoms with E-state index in [9.17, 15) is 55.6 Å². The average molecular weight is 865 g/mol. The van der Waals surface area contributed by atoms with Crippen LogP contribution in [0.25, 0.3) is 0 Å². The number of esters is 2. The van der Waals surface area contributed by atoms with Crippen LogP contribution in [0.2, 0.25) is 0 Å². The molecule has 6 aliphatic rings. The molecule has 0 radical (unpaired) electrons. The number of carbonyl (C=O) groups is 2. The highest BCUT2D eigenvalue weighted by atomic mass is 19.4. The molecule has 6 aliphatic carbocycles. The van der Waals surface area contributed by atoms with Gasteiger partial charge in [-0.25, -0.2) is 17.6 Å². The molecule has 59 heavy (non-hydrogen) atoms. The Morgan fingerprint density at radius 3 is 1.61 bits per heavy atom. The van der Waals surface area contributed by atoms with E-state index in [1.54, 1.807) is 27.7 Å². The first-order valence-corrected chi connectivity index (χ1v) is 21.3. The lowest BCUT2D eigenvalue weighted by Crippen LogP contribution is -2.61. The zero-order valence-corrected chi connectivity index (χ0v) is 37.9. The third-order valence-electron chi connectivity index (χ3n) is 14.4. The Balaban J connectivity index is 0.000000283. The van der Waals surface area contributed by atoms with E-state index in [4.69, 9.17) is 14.2 Å². The second kappa shape index (κ2) is 18.6. The normalized spacial score (nSPS) is 33.0. The molecule has 348 valence electrons. The van der Waals surface area contributed by atoms with E-state index < -0.39 is 52.4 Å². The summed E-state index contributed by atoms with van der Waals surface area (Å²) in [5.41, 5.74) is -5.96. The van der Waals surface area contributed by atoms with Crippen LogP contribution < -0.4 is 0 Å². The van der Waals surface area contributed by atoms with E-state index in [1.165, 1.54) is 6.42 Å². The summed E-state index contributed by atoms with van der Waals surface area (Å²) in [6, 6.07) is 0. The third-order valence-corrected chi connectivity index (χ3v) is 14.4. The van der Waals surface area contributed by atoms with Gasteiger partial charge in [-0.3, -0.25) is 9.59 Å². The standard InChI is InChI=1S/C16H26O3.C13H21F3O2.C11H22O3.C4H6F4/c1-4-14(2,3)13(17)19-16-8-11-5-12(9-16)7-15(18,6-11)10-16;1-7-8(2)10-4-9(7)5-11(10)18-6-12(3,17)13(14,15)16;1-7-8(2)9(12)14-11(5,6)10(3,4)13;1-3(5,6)4(2,7)8/h11-12,18H,4-10H2,1-3H3;7-11,17H,4-6H2,1-3H3;8,13H,7H2,1-6H3;1-2H3. The van der Waals surface area contributed by atoms with E-state index in [-0.39, 0.29) is 43.4 Å². The second-order valence-corrected chi connectivity index (χ2v) is 20.8. The van der Waals surface area contributed by atoms with Gasteiger partial charge in [0.05, 0.1) is 35.2 Å². The van der Waals surface area contributed by atoms with Crippen molar-refractivity contribution in [2.24, 2.45) is 46.8 Å². The molecule has 0 saturated heterocycles. The highest BCUT2D eigenvalue weighted by Gasteiger charge is 2.60. The summed E-state index contributed by atoms with van der Waals surface area (Å²) >= 11 is 0. The molecule has 0 heterocycles. The highest BCUT2D eigenvalue weighted by molar-refractivity contribution is 5.76. The van der Waals surface area contributed by atoms with Crippen LogP contribution in [0.1, 0.15) is 161 Å². The average Bonchev–Trinajstić information content (AvgIpc) is 3.59. The highest BCUT2D eigenvalue weighted by Crippen LogP contribution is 2.59. The molecule has 0 amide bonds. The number of rotatable bonds is 11. The molecule has 9 atom stereocenters. The first-order chi connectivity index (χ1) is 26.3. The largest absolute Gasteiger partial charge is 0.459 e. The summed E-state index contributed by atoms with van der Waals surface area (Å²) in [6.45, 7) is 21.2. The Bertz CT molecular complexity index is 1370. The van der Waals surface area contributed by atoms with Crippen molar-refractivity contribution in [3.05, 3.63) is 0 Å². The Hall–Kier alpha value is -1.71. The Kier molecular flexibility index (Phi) is 16.8. The van der Waals surface area contributed by atoms with Crippen LogP contribution in [0.4, 0.5) is 30.7 Å². The molecule has 6 saturated carbocycles. The molecule has 9 unspecified atom stereocenters. The molecule has 0 aliphatic heterocycles. The van der Waals surface area contributed by atoms with Crippen molar-refractivity contribution in [2.75, 3.05) is 6.61 Å². The summed E-state index contributed by atoms with van der Waals surface area (Å²) in [6.07, 6.45) is 4.34. The molecule has 6 rings (SSSR count). The zero-order valence-electron chi connectivity index (χ0n) is 37.9. The van der Waals surface area contributed by atoms with Crippen molar-refractivity contribution < 1.29 is 69.9 Å². The van der Waals surface area contributed by atoms with Gasteiger partial charge in [-0.05, 0) is 142 Å². The lowest BCUT2D eigenvalue weighted by molar-refractivity contribution is -0.272. The van der Waals surface area contributed by atoms with E-state index in [2.05, 4.69) is 13.8 Å². The smallest absolute Gasteiger partial charge is 0.419 e. The predicted octanol–water partition coefficient (Wildman–Crippen LogP) is 10.5. The van der Waals surface area contributed by atoms with Gasteiger partial charge in [-0.1, -0.05) is 34.6 Å².